The molecule has 2 N–H and O–H groups in total. The van der Waals surface area contributed by atoms with Gasteiger partial charge < -0.3 is 9.88 Å². The van der Waals surface area contributed by atoms with Gasteiger partial charge in [-0.1, -0.05) is 12.1 Å². The highest BCUT2D eigenvalue weighted by Crippen LogP contribution is 2.43. The normalized spacial score (nSPS) is 24.7. The summed E-state index contributed by atoms with van der Waals surface area (Å²) in [5, 5.41) is 0. The Morgan fingerprint density at radius 2 is 1.81 bits per heavy atom. The summed E-state index contributed by atoms with van der Waals surface area (Å²) in [7, 11) is 0. The highest BCUT2D eigenvalue weighted by molar-refractivity contribution is 5.93. The Kier molecular flexibility index (Phi) is 4.01. The molecular weight excluding hydrogens is 337 g/mol. The average Bonchev–Trinajstić information content (AvgIpc) is 2.85. The van der Waals surface area contributed by atoms with Gasteiger partial charge in [-0.05, 0) is 55.7 Å². The van der Waals surface area contributed by atoms with E-state index in [1.165, 1.54) is 6.07 Å². The molecule has 0 aliphatic carbocycles. The number of aromatic nitrogens is 2. The second kappa shape index (κ2) is 6.23. The first-order chi connectivity index (χ1) is 12.4. The fraction of sp³-hybridized carbons (Fsp3) is 0.421. The average molecular weight is 357 g/mol. The van der Waals surface area contributed by atoms with Crippen LogP contribution >= 0.6 is 0 Å². The first kappa shape index (κ1) is 16.8. The Morgan fingerprint density at radius 3 is 2.42 bits per heavy atom. The largest absolute Gasteiger partial charge is 0.331 e. The lowest BCUT2D eigenvalue weighted by Crippen LogP contribution is -2.47. The monoisotopic (exact) mass is 357 g/mol. The highest BCUT2D eigenvalue weighted by Gasteiger charge is 2.44. The van der Waals surface area contributed by atoms with E-state index in [9.17, 15) is 18.8 Å². The van der Waals surface area contributed by atoms with Crippen molar-refractivity contribution < 1.29 is 9.18 Å². The van der Waals surface area contributed by atoms with Crippen LogP contribution in [0.3, 0.4) is 0 Å². The molecule has 1 aromatic carbocycles. The standard InChI is InChI=1S/C19H20FN3O3/c1-10-6-11(2-5-15(10)20)12-7-13-3-4-14(8-12)23(13)18(25)16-9-17(24)22-19(26)21-16/h2,5-6,9,12-14H,3-4,7-8H2,1H3,(H2,21,22,24,26)/t12?,13-,14+. The molecule has 2 fully saturated rings. The van der Waals surface area contributed by atoms with Gasteiger partial charge in [0.2, 0.25) is 0 Å². The van der Waals surface area contributed by atoms with Crippen LogP contribution in [-0.4, -0.2) is 32.9 Å². The van der Waals surface area contributed by atoms with Gasteiger partial charge in [-0.15, -0.1) is 0 Å². The van der Waals surface area contributed by atoms with Crippen LogP contribution in [0, 0.1) is 12.7 Å². The molecule has 2 aliphatic rings. The molecule has 1 amide bonds. The van der Waals surface area contributed by atoms with E-state index in [1.807, 2.05) is 17.0 Å². The summed E-state index contributed by atoms with van der Waals surface area (Å²) < 4.78 is 13.5. The zero-order chi connectivity index (χ0) is 18.4. The number of carbonyl (C=O) groups is 1. The number of fused-ring (bicyclic) bond motifs is 2. The van der Waals surface area contributed by atoms with Gasteiger partial charge in [0.15, 0.2) is 0 Å². The topological polar surface area (TPSA) is 86.0 Å². The third-order valence-corrected chi connectivity index (χ3v) is 5.61. The van der Waals surface area contributed by atoms with Crippen LogP contribution in [0.25, 0.3) is 0 Å². The van der Waals surface area contributed by atoms with Crippen LogP contribution < -0.4 is 11.2 Å². The molecule has 2 aromatic rings. The Labute approximate surface area is 149 Å². The summed E-state index contributed by atoms with van der Waals surface area (Å²) in [6.07, 6.45) is 3.42. The van der Waals surface area contributed by atoms with Crippen molar-refractivity contribution in [1.29, 1.82) is 0 Å². The lowest BCUT2D eigenvalue weighted by Gasteiger charge is -2.39. The molecule has 0 spiro atoms. The predicted molar refractivity (Wildman–Crippen MR) is 93.8 cm³/mol. The molecule has 2 bridgehead atoms. The Hall–Kier alpha value is -2.70. The summed E-state index contributed by atoms with van der Waals surface area (Å²) in [6.45, 7) is 1.76. The van der Waals surface area contributed by atoms with Crippen molar-refractivity contribution in [2.24, 2.45) is 0 Å². The van der Waals surface area contributed by atoms with E-state index in [2.05, 4.69) is 9.97 Å². The predicted octanol–water partition coefficient (Wildman–Crippen LogP) is 2.06. The van der Waals surface area contributed by atoms with Gasteiger partial charge in [0, 0.05) is 18.2 Å². The number of halogens is 1. The number of rotatable bonds is 2. The third-order valence-electron chi connectivity index (χ3n) is 5.61. The third kappa shape index (κ3) is 2.87. The molecule has 3 heterocycles. The maximum absolute atomic E-state index is 13.5. The fourth-order valence-electron chi connectivity index (χ4n) is 4.43. The van der Waals surface area contributed by atoms with Crippen LogP contribution in [0.5, 0.6) is 0 Å². The van der Waals surface area contributed by atoms with Crippen LogP contribution in [0.2, 0.25) is 0 Å². The number of nitrogens with zero attached hydrogens (tertiary/aromatic N) is 1. The molecule has 6 nitrogen and oxygen atoms in total. The Morgan fingerprint density at radius 1 is 1.12 bits per heavy atom. The summed E-state index contributed by atoms with van der Waals surface area (Å²) in [5.41, 5.74) is 0.518. The van der Waals surface area contributed by atoms with E-state index in [0.29, 0.717) is 5.56 Å². The number of hydrogen-bond acceptors (Lipinski definition) is 3. The summed E-state index contributed by atoms with van der Waals surface area (Å²) in [5.74, 6) is -0.217. The molecule has 2 saturated heterocycles. The highest BCUT2D eigenvalue weighted by atomic mass is 19.1. The zero-order valence-electron chi connectivity index (χ0n) is 14.4. The van der Waals surface area contributed by atoms with Crippen molar-refractivity contribution in [3.8, 4) is 0 Å². The number of H-pyrrole nitrogens is 2. The number of nitrogens with one attached hydrogen (secondary N) is 2. The first-order valence-corrected chi connectivity index (χ1v) is 8.84. The molecule has 4 rings (SSSR count). The van der Waals surface area contributed by atoms with E-state index in [1.54, 1.807) is 6.92 Å². The van der Waals surface area contributed by atoms with E-state index in [4.69, 9.17) is 0 Å². The van der Waals surface area contributed by atoms with Crippen LogP contribution in [0.1, 0.15) is 53.2 Å². The van der Waals surface area contributed by atoms with Crippen LogP contribution in [0.4, 0.5) is 4.39 Å². The number of piperidine rings is 1. The van der Waals surface area contributed by atoms with Crippen LogP contribution in [0.15, 0.2) is 33.9 Å². The number of aromatic amines is 2. The van der Waals surface area contributed by atoms with E-state index in [-0.39, 0.29) is 35.4 Å². The molecule has 3 atom stereocenters. The SMILES string of the molecule is Cc1cc(C2C[C@H]3CC[C@@H](C2)N3C(=O)c2cc(=O)[nH]c(=O)[nH]2)ccc1F. The molecule has 2 aliphatic heterocycles. The van der Waals surface area contributed by atoms with E-state index in [0.717, 1.165) is 37.3 Å². The van der Waals surface area contributed by atoms with Crippen molar-refractivity contribution in [2.45, 2.75) is 50.6 Å². The second-order valence-corrected chi connectivity index (χ2v) is 7.28. The lowest BCUT2D eigenvalue weighted by atomic mass is 9.84. The van der Waals surface area contributed by atoms with Crippen molar-refractivity contribution in [3.63, 3.8) is 0 Å². The van der Waals surface area contributed by atoms with Gasteiger partial charge in [-0.2, -0.15) is 0 Å². The summed E-state index contributed by atoms with van der Waals surface area (Å²) >= 11 is 0. The Bertz CT molecular complexity index is 938. The van der Waals surface area contributed by atoms with Crippen molar-refractivity contribution in [2.75, 3.05) is 0 Å². The zero-order valence-corrected chi connectivity index (χ0v) is 14.4. The van der Waals surface area contributed by atoms with Gasteiger partial charge in [0.1, 0.15) is 11.5 Å². The summed E-state index contributed by atoms with van der Waals surface area (Å²) in [4.78, 5) is 42.1. The number of hydrogen-bond donors (Lipinski definition) is 2. The fourth-order valence-corrected chi connectivity index (χ4v) is 4.43. The minimum absolute atomic E-state index is 0.0340. The van der Waals surface area contributed by atoms with Crippen molar-refractivity contribution >= 4 is 5.91 Å². The number of carbonyl (C=O) groups excluding carboxylic acids is 1. The molecule has 0 radical (unpaired) electrons. The minimum atomic E-state index is -0.676. The smallest absolute Gasteiger partial charge is 0.326 e. The molecule has 1 aromatic heterocycles. The van der Waals surface area contributed by atoms with Gasteiger partial charge in [-0.3, -0.25) is 14.6 Å². The van der Waals surface area contributed by atoms with Gasteiger partial charge in [-0.25, -0.2) is 9.18 Å². The van der Waals surface area contributed by atoms with Crippen molar-refractivity contribution in [3.05, 3.63) is 67.7 Å². The van der Waals surface area contributed by atoms with Crippen molar-refractivity contribution in [1.82, 2.24) is 14.9 Å². The maximum Gasteiger partial charge on any atom is 0.326 e. The summed E-state index contributed by atoms with van der Waals surface area (Å²) in [6, 6.07) is 6.51. The number of aryl methyl sites for hydroxylation is 1. The number of benzene rings is 1. The maximum atomic E-state index is 13.5. The van der Waals surface area contributed by atoms with E-state index >= 15 is 0 Å². The first-order valence-electron chi connectivity index (χ1n) is 8.84. The minimum Gasteiger partial charge on any atom is -0.331 e. The molecule has 26 heavy (non-hydrogen) atoms. The molecule has 136 valence electrons. The molecule has 7 heteroatoms. The van der Waals surface area contributed by atoms with Gasteiger partial charge in [0.25, 0.3) is 11.5 Å². The second-order valence-electron chi connectivity index (χ2n) is 7.28. The quantitative estimate of drug-likeness (QED) is 0.863. The van der Waals surface area contributed by atoms with Gasteiger partial charge >= 0.3 is 5.69 Å². The molecular formula is C19H20FN3O3. The lowest BCUT2D eigenvalue weighted by molar-refractivity contribution is 0.0564. The molecule has 1 unspecified atom stereocenters. The molecule has 0 saturated carbocycles. The number of amides is 1. The van der Waals surface area contributed by atoms with E-state index < -0.39 is 11.2 Å². The van der Waals surface area contributed by atoms with Crippen LogP contribution in [-0.2, 0) is 0 Å². The van der Waals surface area contributed by atoms with Gasteiger partial charge in [0.05, 0.1) is 0 Å². The Balaban J connectivity index is 1.58.